The van der Waals surface area contributed by atoms with E-state index in [2.05, 4.69) is 22.0 Å². The Morgan fingerprint density at radius 1 is 1.54 bits per heavy atom. The van der Waals surface area contributed by atoms with Crippen LogP contribution in [0.15, 0.2) is 22.7 Å². The Morgan fingerprint density at radius 2 is 2.38 bits per heavy atom. The van der Waals surface area contributed by atoms with E-state index in [-0.39, 0.29) is 0 Å². The first-order valence-electron chi connectivity index (χ1n) is 4.44. The second kappa shape index (κ2) is 3.68. The minimum Gasteiger partial charge on any atom is -0.493 e. The summed E-state index contributed by atoms with van der Waals surface area (Å²) in [5.41, 5.74) is 6.83. The second-order valence-corrected chi connectivity index (χ2v) is 4.09. The van der Waals surface area contributed by atoms with E-state index in [0.717, 1.165) is 29.8 Å². The van der Waals surface area contributed by atoms with E-state index in [1.165, 1.54) is 5.56 Å². The summed E-state index contributed by atoms with van der Waals surface area (Å²) in [5.74, 6) is 1.48. The van der Waals surface area contributed by atoms with Gasteiger partial charge in [-0.05, 0) is 25.1 Å². The fourth-order valence-electron chi connectivity index (χ4n) is 1.74. The lowest BCUT2D eigenvalue weighted by Gasteiger charge is -2.07. The lowest BCUT2D eigenvalue weighted by Crippen LogP contribution is -2.08. The third kappa shape index (κ3) is 1.58. The summed E-state index contributed by atoms with van der Waals surface area (Å²) in [5, 5.41) is 0. The first kappa shape index (κ1) is 9.03. The highest BCUT2D eigenvalue weighted by Gasteiger charge is 2.25. The van der Waals surface area contributed by atoms with Crippen molar-refractivity contribution in [1.29, 1.82) is 0 Å². The Morgan fingerprint density at radius 3 is 3.15 bits per heavy atom. The summed E-state index contributed by atoms with van der Waals surface area (Å²) >= 11 is 3.54. The van der Waals surface area contributed by atoms with Crippen molar-refractivity contribution in [2.75, 3.05) is 13.2 Å². The molecule has 0 fully saturated rings. The molecule has 0 spiro atoms. The van der Waals surface area contributed by atoms with Gasteiger partial charge in [0.15, 0.2) is 0 Å². The van der Waals surface area contributed by atoms with Crippen molar-refractivity contribution in [1.82, 2.24) is 0 Å². The van der Waals surface area contributed by atoms with Crippen molar-refractivity contribution < 1.29 is 4.74 Å². The van der Waals surface area contributed by atoms with Crippen LogP contribution in [0.5, 0.6) is 5.75 Å². The van der Waals surface area contributed by atoms with E-state index < -0.39 is 0 Å². The van der Waals surface area contributed by atoms with Crippen LogP contribution in [-0.2, 0) is 0 Å². The van der Waals surface area contributed by atoms with Crippen LogP contribution in [0.3, 0.4) is 0 Å². The molecule has 0 aliphatic carbocycles. The fourth-order valence-corrected chi connectivity index (χ4v) is 2.41. The molecule has 0 radical (unpaired) electrons. The number of halogens is 1. The number of rotatable bonds is 2. The van der Waals surface area contributed by atoms with Crippen LogP contribution in [0, 0.1) is 0 Å². The zero-order valence-electron chi connectivity index (χ0n) is 7.29. The van der Waals surface area contributed by atoms with Crippen LogP contribution < -0.4 is 10.5 Å². The SMILES string of the molecule is NCCC1COc2cccc(Br)c21. The van der Waals surface area contributed by atoms with Crippen molar-refractivity contribution >= 4 is 15.9 Å². The molecule has 2 rings (SSSR count). The topological polar surface area (TPSA) is 35.2 Å². The van der Waals surface area contributed by atoms with Gasteiger partial charge in [-0.3, -0.25) is 0 Å². The van der Waals surface area contributed by atoms with Gasteiger partial charge in [0, 0.05) is 16.0 Å². The normalized spacial score (nSPS) is 19.7. The van der Waals surface area contributed by atoms with Crippen molar-refractivity contribution in [2.24, 2.45) is 5.73 Å². The summed E-state index contributed by atoms with van der Waals surface area (Å²) in [6, 6.07) is 6.06. The van der Waals surface area contributed by atoms with Gasteiger partial charge in [0.2, 0.25) is 0 Å². The van der Waals surface area contributed by atoms with Gasteiger partial charge in [-0.1, -0.05) is 22.0 Å². The van der Waals surface area contributed by atoms with Crippen LogP contribution in [0.2, 0.25) is 0 Å². The minimum absolute atomic E-state index is 0.468. The molecule has 0 aromatic heterocycles. The predicted molar refractivity (Wildman–Crippen MR) is 56.0 cm³/mol. The average Bonchev–Trinajstić information content (AvgIpc) is 2.51. The summed E-state index contributed by atoms with van der Waals surface area (Å²) < 4.78 is 6.70. The molecule has 0 saturated heterocycles. The highest BCUT2D eigenvalue weighted by Crippen LogP contribution is 2.40. The molecule has 2 N–H and O–H groups in total. The molecule has 3 heteroatoms. The monoisotopic (exact) mass is 241 g/mol. The van der Waals surface area contributed by atoms with Crippen LogP contribution in [0.4, 0.5) is 0 Å². The van der Waals surface area contributed by atoms with Crippen molar-refractivity contribution in [3.8, 4) is 5.75 Å². The number of hydrogen-bond acceptors (Lipinski definition) is 2. The van der Waals surface area contributed by atoms with Gasteiger partial charge in [0.05, 0.1) is 6.61 Å². The number of ether oxygens (including phenoxy) is 1. The Kier molecular flexibility index (Phi) is 2.56. The fraction of sp³-hybridized carbons (Fsp3) is 0.400. The van der Waals surface area contributed by atoms with Gasteiger partial charge >= 0.3 is 0 Å². The standard InChI is InChI=1S/C10H12BrNO/c11-8-2-1-3-9-10(8)7(4-5-12)6-13-9/h1-3,7H,4-6,12H2. The van der Waals surface area contributed by atoms with Crippen molar-refractivity contribution in [3.05, 3.63) is 28.2 Å². The Labute approximate surface area is 86.2 Å². The molecular formula is C10H12BrNO. The Balaban J connectivity index is 2.34. The molecule has 1 atom stereocenters. The van der Waals surface area contributed by atoms with Crippen LogP contribution in [0.1, 0.15) is 17.9 Å². The first-order valence-corrected chi connectivity index (χ1v) is 5.23. The molecule has 1 aliphatic heterocycles. The van der Waals surface area contributed by atoms with Crippen LogP contribution in [0.25, 0.3) is 0 Å². The molecule has 0 bridgehead atoms. The van der Waals surface area contributed by atoms with Crippen LogP contribution in [-0.4, -0.2) is 13.2 Å². The molecule has 1 unspecified atom stereocenters. The molecule has 2 nitrogen and oxygen atoms in total. The molecule has 1 aromatic rings. The van der Waals surface area contributed by atoms with E-state index in [1.54, 1.807) is 0 Å². The van der Waals surface area contributed by atoms with Gasteiger partial charge in [-0.2, -0.15) is 0 Å². The highest BCUT2D eigenvalue weighted by atomic mass is 79.9. The maximum Gasteiger partial charge on any atom is 0.124 e. The quantitative estimate of drug-likeness (QED) is 0.863. The summed E-state index contributed by atoms with van der Waals surface area (Å²) in [7, 11) is 0. The van der Waals surface area contributed by atoms with E-state index in [1.807, 2.05) is 12.1 Å². The molecule has 1 aromatic carbocycles. The summed E-state index contributed by atoms with van der Waals surface area (Å²) in [6.07, 6.45) is 0.996. The minimum atomic E-state index is 0.468. The lowest BCUT2D eigenvalue weighted by atomic mass is 9.98. The number of nitrogens with two attached hydrogens (primary N) is 1. The maximum absolute atomic E-state index is 5.56. The Bertz CT molecular complexity index is 312. The Hall–Kier alpha value is -0.540. The first-order chi connectivity index (χ1) is 6.33. The maximum atomic E-state index is 5.56. The molecule has 1 heterocycles. The van der Waals surface area contributed by atoms with Gasteiger partial charge in [-0.15, -0.1) is 0 Å². The molecule has 70 valence electrons. The van der Waals surface area contributed by atoms with Crippen LogP contribution >= 0.6 is 15.9 Å². The highest BCUT2D eigenvalue weighted by molar-refractivity contribution is 9.10. The number of fused-ring (bicyclic) bond motifs is 1. The van der Waals surface area contributed by atoms with Gasteiger partial charge in [-0.25, -0.2) is 0 Å². The van der Waals surface area contributed by atoms with Gasteiger partial charge in [0.25, 0.3) is 0 Å². The zero-order valence-corrected chi connectivity index (χ0v) is 8.88. The van der Waals surface area contributed by atoms with Crippen molar-refractivity contribution in [3.63, 3.8) is 0 Å². The third-order valence-electron chi connectivity index (χ3n) is 2.38. The van der Waals surface area contributed by atoms with Crippen molar-refractivity contribution in [2.45, 2.75) is 12.3 Å². The summed E-state index contributed by atoms with van der Waals surface area (Å²) in [6.45, 7) is 1.49. The van der Waals surface area contributed by atoms with E-state index in [4.69, 9.17) is 10.5 Å². The van der Waals surface area contributed by atoms with E-state index in [9.17, 15) is 0 Å². The summed E-state index contributed by atoms with van der Waals surface area (Å²) in [4.78, 5) is 0. The smallest absolute Gasteiger partial charge is 0.124 e. The second-order valence-electron chi connectivity index (χ2n) is 3.24. The number of benzene rings is 1. The van der Waals surface area contributed by atoms with Gasteiger partial charge in [0.1, 0.15) is 5.75 Å². The molecule has 1 aliphatic rings. The molecule has 0 saturated carbocycles. The largest absolute Gasteiger partial charge is 0.493 e. The molecule has 13 heavy (non-hydrogen) atoms. The third-order valence-corrected chi connectivity index (χ3v) is 3.07. The van der Waals surface area contributed by atoms with E-state index in [0.29, 0.717) is 5.92 Å². The predicted octanol–water partition coefficient (Wildman–Crippen LogP) is 2.27. The van der Waals surface area contributed by atoms with E-state index >= 15 is 0 Å². The van der Waals surface area contributed by atoms with Gasteiger partial charge < -0.3 is 10.5 Å². The zero-order chi connectivity index (χ0) is 9.26. The lowest BCUT2D eigenvalue weighted by molar-refractivity contribution is 0.326. The molecule has 0 amide bonds. The average molecular weight is 242 g/mol. The molecular weight excluding hydrogens is 230 g/mol. The number of hydrogen-bond donors (Lipinski definition) is 1.